The fourth-order valence-electron chi connectivity index (χ4n) is 1.50. The van der Waals surface area contributed by atoms with Crippen LogP contribution < -0.4 is 4.72 Å². The molecule has 1 aromatic carbocycles. The first kappa shape index (κ1) is 12.3. The van der Waals surface area contributed by atoms with E-state index in [9.17, 15) is 8.42 Å². The van der Waals surface area contributed by atoms with Crippen molar-refractivity contribution in [1.82, 2.24) is 18.9 Å². The van der Waals surface area contributed by atoms with Crippen molar-refractivity contribution < 1.29 is 8.42 Å². The Balaban J connectivity index is 2.11. The molecule has 0 aliphatic carbocycles. The zero-order valence-electron chi connectivity index (χ0n) is 9.16. The van der Waals surface area contributed by atoms with Crippen molar-refractivity contribution >= 4 is 50.1 Å². The summed E-state index contributed by atoms with van der Waals surface area (Å²) in [5.74, 6) is 0. The highest BCUT2D eigenvalue weighted by molar-refractivity contribution is 7.92. The number of hydrogen-bond donors (Lipinski definition) is 2. The van der Waals surface area contributed by atoms with Crippen LogP contribution in [0.5, 0.6) is 0 Å². The largest absolute Gasteiger partial charge is 0.284 e. The van der Waals surface area contributed by atoms with Gasteiger partial charge in [0, 0.05) is 6.20 Å². The Kier molecular flexibility index (Phi) is 2.88. The summed E-state index contributed by atoms with van der Waals surface area (Å²) < 4.78 is 34.7. The van der Waals surface area contributed by atoms with Crippen molar-refractivity contribution in [2.45, 2.75) is 4.90 Å². The first-order valence-electron chi connectivity index (χ1n) is 5.00. The zero-order chi connectivity index (χ0) is 13.5. The number of benzene rings is 1. The summed E-state index contributed by atoms with van der Waals surface area (Å²) in [7, 11) is -3.75. The van der Waals surface area contributed by atoms with Crippen LogP contribution in [0, 0.1) is 0 Å². The van der Waals surface area contributed by atoms with E-state index >= 15 is 0 Å². The lowest BCUT2D eigenvalue weighted by Gasteiger charge is -2.08. The molecule has 0 spiro atoms. The molecule has 3 rings (SSSR count). The highest BCUT2D eigenvalue weighted by Gasteiger charge is 2.19. The maximum atomic E-state index is 12.1. The molecule has 2 heterocycles. The van der Waals surface area contributed by atoms with E-state index in [-0.39, 0.29) is 15.6 Å². The smallest absolute Gasteiger partial charge is 0.265 e. The summed E-state index contributed by atoms with van der Waals surface area (Å²) in [4.78, 5) is 0.0174. The van der Waals surface area contributed by atoms with Gasteiger partial charge >= 0.3 is 0 Å². The van der Waals surface area contributed by atoms with E-state index in [0.29, 0.717) is 11.0 Å². The van der Waals surface area contributed by atoms with Gasteiger partial charge in [0.15, 0.2) is 0 Å². The third-order valence-electron chi connectivity index (χ3n) is 2.40. The minimum Gasteiger partial charge on any atom is -0.284 e. The van der Waals surface area contributed by atoms with Crippen LogP contribution in [0.15, 0.2) is 29.4 Å². The molecule has 2 N–H and O–H groups in total. The first-order chi connectivity index (χ1) is 9.08. The van der Waals surface area contributed by atoms with Crippen molar-refractivity contribution in [3.05, 3.63) is 29.5 Å². The van der Waals surface area contributed by atoms with Gasteiger partial charge < -0.3 is 0 Å². The van der Waals surface area contributed by atoms with Crippen molar-refractivity contribution in [3.63, 3.8) is 0 Å². The maximum absolute atomic E-state index is 12.1. The molecule has 0 aliphatic rings. The van der Waals surface area contributed by atoms with E-state index in [2.05, 4.69) is 23.7 Å². The van der Waals surface area contributed by atoms with E-state index in [1.165, 1.54) is 12.4 Å². The van der Waals surface area contributed by atoms with Crippen LogP contribution in [0.1, 0.15) is 0 Å². The van der Waals surface area contributed by atoms with Gasteiger partial charge in [0.05, 0.1) is 28.6 Å². The molecule has 2 aromatic heterocycles. The Morgan fingerprint density at radius 2 is 2.16 bits per heavy atom. The quantitative estimate of drug-likeness (QED) is 0.768. The zero-order valence-corrected chi connectivity index (χ0v) is 11.6. The van der Waals surface area contributed by atoms with Crippen LogP contribution in [-0.2, 0) is 10.0 Å². The summed E-state index contributed by atoms with van der Waals surface area (Å²) in [5.41, 5.74) is 1.22. The van der Waals surface area contributed by atoms with Crippen molar-refractivity contribution in [2.75, 3.05) is 4.72 Å². The van der Waals surface area contributed by atoms with Gasteiger partial charge in [0.25, 0.3) is 10.0 Å². The number of nitrogens with one attached hydrogen (secondary N) is 2. The Hall–Kier alpha value is -1.71. The predicted octanol–water partition coefficient (Wildman–Crippen LogP) is 1.87. The van der Waals surface area contributed by atoms with Crippen LogP contribution in [0.2, 0.25) is 5.02 Å². The number of sulfonamides is 1. The molecule has 19 heavy (non-hydrogen) atoms. The Bertz CT molecular complexity index is 828. The molecule has 0 saturated carbocycles. The molecule has 0 radical (unpaired) electrons. The van der Waals surface area contributed by atoms with Crippen molar-refractivity contribution in [2.24, 2.45) is 0 Å². The standard InChI is InChI=1S/C9H6ClN5O2S2/c10-6-1-2-7-9(14-18-13-7)8(6)15-19(16,17)5-3-11-12-4-5/h1-4,15H,(H,11,12). The third kappa shape index (κ3) is 2.15. The van der Waals surface area contributed by atoms with E-state index in [1.54, 1.807) is 12.1 Å². The molecular weight excluding hydrogens is 310 g/mol. The second-order valence-electron chi connectivity index (χ2n) is 3.59. The second kappa shape index (κ2) is 4.44. The highest BCUT2D eigenvalue weighted by Crippen LogP contribution is 2.31. The topological polar surface area (TPSA) is 101 Å². The minimum atomic E-state index is -3.75. The maximum Gasteiger partial charge on any atom is 0.265 e. The number of aromatic nitrogens is 4. The average molecular weight is 316 g/mol. The molecule has 98 valence electrons. The fraction of sp³-hybridized carbons (Fsp3) is 0. The monoisotopic (exact) mass is 315 g/mol. The van der Waals surface area contributed by atoms with Crippen LogP contribution >= 0.6 is 23.3 Å². The number of aromatic amines is 1. The van der Waals surface area contributed by atoms with Gasteiger partial charge in [-0.2, -0.15) is 13.8 Å². The van der Waals surface area contributed by atoms with Gasteiger partial charge in [0.2, 0.25) is 0 Å². The van der Waals surface area contributed by atoms with Gasteiger partial charge in [-0.25, -0.2) is 8.42 Å². The lowest BCUT2D eigenvalue weighted by atomic mass is 10.3. The molecule has 0 unspecified atom stereocenters. The van der Waals surface area contributed by atoms with E-state index < -0.39 is 10.0 Å². The summed E-state index contributed by atoms with van der Waals surface area (Å²) in [6.07, 6.45) is 2.48. The fourth-order valence-corrected chi connectivity index (χ4v) is 3.29. The van der Waals surface area contributed by atoms with E-state index in [1.807, 2.05) is 0 Å². The highest BCUT2D eigenvalue weighted by atomic mass is 35.5. The molecular formula is C9H6ClN5O2S2. The summed E-state index contributed by atoms with van der Waals surface area (Å²) in [6.45, 7) is 0. The first-order valence-corrected chi connectivity index (χ1v) is 7.59. The van der Waals surface area contributed by atoms with Gasteiger partial charge in [-0.3, -0.25) is 9.82 Å². The Morgan fingerprint density at radius 1 is 1.32 bits per heavy atom. The molecule has 0 amide bonds. The minimum absolute atomic E-state index is 0.0174. The van der Waals surface area contributed by atoms with Gasteiger partial charge in [-0.1, -0.05) is 11.6 Å². The SMILES string of the molecule is O=S(=O)(Nc1c(Cl)ccc2nsnc12)c1cn[nH]c1. The predicted molar refractivity (Wildman–Crippen MR) is 71.8 cm³/mol. The Labute approximate surface area is 117 Å². The number of fused-ring (bicyclic) bond motifs is 1. The number of H-pyrrole nitrogens is 1. The van der Waals surface area contributed by atoms with Crippen molar-refractivity contribution in [3.8, 4) is 0 Å². The number of rotatable bonds is 3. The molecule has 0 saturated heterocycles. The number of nitrogens with zero attached hydrogens (tertiary/aromatic N) is 3. The Morgan fingerprint density at radius 3 is 2.89 bits per heavy atom. The van der Waals surface area contributed by atoms with E-state index in [4.69, 9.17) is 11.6 Å². The van der Waals surface area contributed by atoms with Gasteiger partial charge in [-0.15, -0.1) is 0 Å². The number of anilines is 1. The van der Waals surface area contributed by atoms with Crippen LogP contribution in [-0.4, -0.2) is 27.4 Å². The summed E-state index contributed by atoms with van der Waals surface area (Å²) >= 11 is 7.00. The second-order valence-corrected chi connectivity index (χ2v) is 6.21. The molecule has 0 bridgehead atoms. The van der Waals surface area contributed by atoms with E-state index in [0.717, 1.165) is 11.7 Å². The lowest BCUT2D eigenvalue weighted by Crippen LogP contribution is -2.12. The third-order valence-corrected chi connectivity index (χ3v) is 4.57. The van der Waals surface area contributed by atoms with Crippen LogP contribution in [0.25, 0.3) is 11.0 Å². The molecule has 10 heteroatoms. The molecule has 0 atom stereocenters. The summed E-state index contributed by atoms with van der Waals surface area (Å²) in [5, 5.41) is 6.30. The summed E-state index contributed by atoms with van der Waals surface area (Å²) in [6, 6.07) is 3.25. The molecule has 0 aliphatic heterocycles. The lowest BCUT2D eigenvalue weighted by molar-refractivity contribution is 0.601. The van der Waals surface area contributed by atoms with Crippen molar-refractivity contribution in [1.29, 1.82) is 0 Å². The number of halogens is 1. The van der Waals surface area contributed by atoms with Crippen LogP contribution in [0.3, 0.4) is 0 Å². The van der Waals surface area contributed by atoms with Gasteiger partial charge in [-0.05, 0) is 12.1 Å². The number of hydrogen-bond acceptors (Lipinski definition) is 6. The van der Waals surface area contributed by atoms with Crippen LogP contribution in [0.4, 0.5) is 5.69 Å². The molecule has 3 aromatic rings. The average Bonchev–Trinajstić information content (AvgIpc) is 3.02. The van der Waals surface area contributed by atoms with Gasteiger partial charge in [0.1, 0.15) is 15.9 Å². The molecule has 0 fully saturated rings. The normalized spacial score (nSPS) is 11.8. The molecule has 7 nitrogen and oxygen atoms in total.